The maximum atomic E-state index is 12.8. The minimum atomic E-state index is -0.896. The number of hydrogen-bond acceptors (Lipinski definition) is 5. The normalized spacial score (nSPS) is 17.5. The van der Waals surface area contributed by atoms with E-state index in [1.807, 2.05) is 80.6 Å². The Morgan fingerprint density at radius 3 is 2.18 bits per heavy atom. The number of para-hydroxylation sites is 2. The quantitative estimate of drug-likeness (QED) is 0.441. The van der Waals surface area contributed by atoms with E-state index in [4.69, 9.17) is 9.47 Å². The Morgan fingerprint density at radius 2 is 1.61 bits per heavy atom. The molecule has 6 nitrogen and oxygen atoms in total. The molecule has 2 aliphatic heterocycles. The Labute approximate surface area is 225 Å². The lowest BCUT2D eigenvalue weighted by Crippen LogP contribution is -2.50. The first-order chi connectivity index (χ1) is 18.4. The predicted molar refractivity (Wildman–Crippen MR) is 147 cm³/mol. The maximum absolute atomic E-state index is 12.8. The summed E-state index contributed by atoms with van der Waals surface area (Å²) in [5.41, 5.74) is 4.35. The van der Waals surface area contributed by atoms with Gasteiger partial charge in [0.1, 0.15) is 0 Å². The van der Waals surface area contributed by atoms with E-state index in [0.29, 0.717) is 18.2 Å². The molecular formula is C32H35N3O3. The molecule has 38 heavy (non-hydrogen) atoms. The number of fused-ring (bicyclic) bond motifs is 1. The van der Waals surface area contributed by atoms with Crippen LogP contribution in [-0.4, -0.2) is 36.5 Å². The van der Waals surface area contributed by atoms with Crippen molar-refractivity contribution >= 4 is 5.91 Å². The van der Waals surface area contributed by atoms with E-state index in [2.05, 4.69) is 23.2 Å². The van der Waals surface area contributed by atoms with Crippen LogP contribution in [0.1, 0.15) is 58.8 Å². The van der Waals surface area contributed by atoms with Crippen LogP contribution in [0.15, 0.2) is 66.7 Å². The van der Waals surface area contributed by atoms with Crippen molar-refractivity contribution in [3.05, 3.63) is 94.5 Å². The van der Waals surface area contributed by atoms with E-state index in [9.17, 15) is 10.1 Å². The van der Waals surface area contributed by atoms with Gasteiger partial charge in [-0.3, -0.25) is 4.79 Å². The summed E-state index contributed by atoms with van der Waals surface area (Å²) in [7, 11) is 0. The second-order valence-corrected chi connectivity index (χ2v) is 10.5. The molecule has 1 atom stereocenters. The van der Waals surface area contributed by atoms with Crippen molar-refractivity contribution < 1.29 is 14.3 Å². The van der Waals surface area contributed by atoms with Gasteiger partial charge in [0.2, 0.25) is 0 Å². The topological polar surface area (TPSA) is 74.6 Å². The Kier molecular flexibility index (Phi) is 7.40. The number of carbonyl (C=O) groups is 1. The van der Waals surface area contributed by atoms with Crippen LogP contribution < -0.4 is 14.8 Å². The van der Waals surface area contributed by atoms with Crippen molar-refractivity contribution in [3.8, 4) is 17.6 Å². The van der Waals surface area contributed by atoms with Gasteiger partial charge in [0, 0.05) is 29.6 Å². The first-order valence-electron chi connectivity index (χ1n) is 13.5. The zero-order valence-corrected chi connectivity index (χ0v) is 22.4. The van der Waals surface area contributed by atoms with Crippen LogP contribution in [0.5, 0.6) is 11.5 Å². The van der Waals surface area contributed by atoms with Crippen LogP contribution in [0.4, 0.5) is 0 Å². The number of amides is 1. The minimum Gasteiger partial charge on any atom is -0.444 e. The van der Waals surface area contributed by atoms with Crippen molar-refractivity contribution in [1.82, 2.24) is 10.2 Å². The first kappa shape index (κ1) is 25.8. The summed E-state index contributed by atoms with van der Waals surface area (Å²) >= 11 is 0. The second-order valence-electron chi connectivity index (χ2n) is 10.5. The molecule has 0 saturated carbocycles. The number of ether oxygens (including phenoxy) is 2. The van der Waals surface area contributed by atoms with E-state index in [1.54, 1.807) is 0 Å². The van der Waals surface area contributed by atoms with Crippen LogP contribution in [0.2, 0.25) is 0 Å². The molecule has 0 aliphatic carbocycles. The van der Waals surface area contributed by atoms with Gasteiger partial charge in [-0.25, -0.2) is 0 Å². The van der Waals surface area contributed by atoms with Crippen LogP contribution >= 0.6 is 0 Å². The van der Waals surface area contributed by atoms with Gasteiger partial charge in [-0.15, -0.1) is 0 Å². The lowest BCUT2D eigenvalue weighted by molar-refractivity contribution is -0.149. The van der Waals surface area contributed by atoms with Gasteiger partial charge in [-0.1, -0.05) is 30.3 Å². The van der Waals surface area contributed by atoms with Crippen LogP contribution in [0, 0.1) is 31.1 Å². The Bertz CT molecular complexity index is 1290. The van der Waals surface area contributed by atoms with Crippen LogP contribution in [0.25, 0.3) is 0 Å². The molecule has 1 fully saturated rings. The molecule has 5 rings (SSSR count). The summed E-state index contributed by atoms with van der Waals surface area (Å²) in [5, 5.41) is 12.4. The number of nitrogens with zero attached hydrogens (tertiary/aromatic N) is 2. The third kappa shape index (κ3) is 4.99. The van der Waals surface area contributed by atoms with Crippen LogP contribution in [0.3, 0.4) is 0 Å². The van der Waals surface area contributed by atoms with Crippen molar-refractivity contribution in [2.45, 2.75) is 51.9 Å². The highest BCUT2D eigenvalue weighted by molar-refractivity contribution is 5.97. The molecule has 2 aliphatic rings. The van der Waals surface area contributed by atoms with E-state index in [0.717, 1.165) is 66.1 Å². The molecular weight excluding hydrogens is 474 g/mol. The number of rotatable bonds is 7. The first-order valence-corrected chi connectivity index (χ1v) is 13.5. The number of nitrogens with one attached hydrogen (secondary N) is 1. The number of carbonyl (C=O) groups excluding carboxylic acids is 1. The molecule has 1 N–H and O–H groups in total. The fourth-order valence-corrected chi connectivity index (χ4v) is 5.82. The second kappa shape index (κ2) is 10.9. The van der Waals surface area contributed by atoms with Gasteiger partial charge in [0.15, 0.2) is 11.5 Å². The number of piperidine rings is 1. The molecule has 0 aromatic heterocycles. The summed E-state index contributed by atoms with van der Waals surface area (Å²) in [6.45, 7) is 8.70. The predicted octanol–water partition coefficient (Wildman–Crippen LogP) is 5.72. The highest BCUT2D eigenvalue weighted by atomic mass is 16.7. The molecule has 0 radical (unpaired) electrons. The zero-order valence-electron chi connectivity index (χ0n) is 22.4. The number of nitriles is 1. The number of likely N-dealkylation sites (tertiary alicyclic amines) is 1. The summed E-state index contributed by atoms with van der Waals surface area (Å²) in [6.07, 6.45) is 2.74. The zero-order chi connectivity index (χ0) is 26.7. The molecule has 1 unspecified atom stereocenters. The smallest absolute Gasteiger partial charge is 0.281 e. The van der Waals surface area contributed by atoms with Gasteiger partial charge in [-0.2, -0.15) is 5.26 Å². The fourth-order valence-electron chi connectivity index (χ4n) is 5.82. The third-order valence-electron chi connectivity index (χ3n) is 8.03. The number of benzene rings is 3. The number of aryl methyl sites for hydroxylation is 2. The average molecular weight is 510 g/mol. The van der Waals surface area contributed by atoms with Crippen molar-refractivity contribution in [3.63, 3.8) is 0 Å². The Balaban J connectivity index is 1.21. The fraction of sp³-hybridized carbons (Fsp3) is 0.375. The monoisotopic (exact) mass is 509 g/mol. The molecule has 196 valence electrons. The van der Waals surface area contributed by atoms with Crippen molar-refractivity contribution in [2.75, 3.05) is 19.6 Å². The summed E-state index contributed by atoms with van der Waals surface area (Å²) in [5.74, 6) is 0.785. The van der Waals surface area contributed by atoms with Crippen LogP contribution in [-0.2, 0) is 5.79 Å². The van der Waals surface area contributed by atoms with Gasteiger partial charge in [0.25, 0.3) is 11.7 Å². The third-order valence-corrected chi connectivity index (χ3v) is 8.03. The number of hydrogen-bond donors (Lipinski definition) is 1. The summed E-state index contributed by atoms with van der Waals surface area (Å²) in [6, 6.07) is 23.9. The van der Waals surface area contributed by atoms with Gasteiger partial charge < -0.3 is 19.7 Å². The van der Waals surface area contributed by atoms with Gasteiger partial charge >= 0.3 is 0 Å². The highest BCUT2D eigenvalue weighted by Crippen LogP contribution is 2.50. The minimum absolute atomic E-state index is 0.00552. The molecule has 2 heterocycles. The molecule has 0 bridgehead atoms. The SMILES string of the molecule is Cc1cccc(C)c1C(=O)NCCC(C)N1CCC(C2(c3ccc(C#N)cc3)Oc3ccccc3O2)CC1. The van der Waals surface area contributed by atoms with E-state index in [-0.39, 0.29) is 11.8 Å². The maximum Gasteiger partial charge on any atom is 0.281 e. The average Bonchev–Trinajstić information content (AvgIpc) is 3.34. The Morgan fingerprint density at radius 1 is 1.00 bits per heavy atom. The van der Waals surface area contributed by atoms with Gasteiger partial charge in [-0.05, 0) is 101 Å². The molecule has 0 spiro atoms. The molecule has 1 saturated heterocycles. The Hall–Kier alpha value is -3.82. The summed E-state index contributed by atoms with van der Waals surface area (Å²) in [4.78, 5) is 15.3. The van der Waals surface area contributed by atoms with Crippen molar-refractivity contribution in [1.29, 1.82) is 5.26 Å². The van der Waals surface area contributed by atoms with E-state index >= 15 is 0 Å². The lowest BCUT2D eigenvalue weighted by atomic mass is 9.83. The van der Waals surface area contributed by atoms with E-state index < -0.39 is 5.79 Å². The van der Waals surface area contributed by atoms with Crippen molar-refractivity contribution in [2.24, 2.45) is 5.92 Å². The molecule has 6 heteroatoms. The molecule has 1 amide bonds. The molecule has 3 aromatic carbocycles. The highest BCUT2D eigenvalue weighted by Gasteiger charge is 2.51. The summed E-state index contributed by atoms with van der Waals surface area (Å²) < 4.78 is 13.1. The van der Waals surface area contributed by atoms with Gasteiger partial charge in [0.05, 0.1) is 11.6 Å². The standard InChI is InChI=1S/C32H35N3O3/c1-22-7-6-8-23(2)30(22)31(36)34-18-15-24(3)35-19-16-27(17-20-35)32(26-13-11-25(21-33)12-14-26)37-28-9-4-5-10-29(28)38-32/h4-14,24,27H,15-20H2,1-3H3,(H,34,36). The largest absolute Gasteiger partial charge is 0.444 e. The van der Waals surface area contributed by atoms with E-state index in [1.165, 1.54) is 0 Å². The lowest BCUT2D eigenvalue weighted by Gasteiger charge is -2.42. The molecule has 3 aromatic rings.